The number of aromatic nitrogens is 3. The SMILES string of the molecule is O=C(O)[C@@H]1CO[C@@](Cn2cncn2)(c2ccc(Cl)cc2Cl)O1. The summed E-state index contributed by atoms with van der Waals surface area (Å²) in [6, 6.07) is 4.82. The minimum absolute atomic E-state index is 0.0943. The van der Waals surface area contributed by atoms with Gasteiger partial charge in [-0.3, -0.25) is 0 Å². The number of halogens is 2. The van der Waals surface area contributed by atoms with Gasteiger partial charge in [-0.25, -0.2) is 14.5 Å². The third-order valence-electron chi connectivity index (χ3n) is 3.25. The van der Waals surface area contributed by atoms with E-state index >= 15 is 0 Å². The molecule has 2 atom stereocenters. The summed E-state index contributed by atoms with van der Waals surface area (Å²) in [5, 5.41) is 13.9. The van der Waals surface area contributed by atoms with E-state index in [1.807, 2.05) is 0 Å². The molecule has 1 fully saturated rings. The van der Waals surface area contributed by atoms with Crippen LogP contribution in [0.15, 0.2) is 30.9 Å². The van der Waals surface area contributed by atoms with Crippen molar-refractivity contribution in [2.45, 2.75) is 18.4 Å². The number of ether oxygens (including phenoxy) is 2. The molecule has 1 aliphatic rings. The molecule has 2 heterocycles. The van der Waals surface area contributed by atoms with Crippen LogP contribution in [0.4, 0.5) is 0 Å². The van der Waals surface area contributed by atoms with Crippen LogP contribution in [0.3, 0.4) is 0 Å². The second-order valence-corrected chi connectivity index (χ2v) is 5.57. The standard InChI is InChI=1S/C13H11Cl2N3O4/c14-8-1-2-9(10(15)3-8)13(5-18-7-16-6-17-18)21-4-11(22-13)12(19)20/h1-3,6-7,11H,4-5H2,(H,19,20)/t11-,13+/m0/s1. The molecule has 7 nitrogen and oxygen atoms in total. The first-order chi connectivity index (χ1) is 10.5. The topological polar surface area (TPSA) is 86.5 Å². The van der Waals surface area contributed by atoms with Gasteiger partial charge < -0.3 is 14.6 Å². The summed E-state index contributed by atoms with van der Waals surface area (Å²) in [6.07, 6.45) is 1.75. The van der Waals surface area contributed by atoms with Gasteiger partial charge in [0.25, 0.3) is 0 Å². The van der Waals surface area contributed by atoms with Crippen LogP contribution in [-0.4, -0.2) is 38.6 Å². The number of hydrogen-bond donors (Lipinski definition) is 1. The molecule has 0 spiro atoms. The van der Waals surface area contributed by atoms with Gasteiger partial charge in [0.15, 0.2) is 6.10 Å². The molecular formula is C13H11Cl2N3O4. The predicted octanol–water partition coefficient (Wildman–Crippen LogP) is 1.94. The van der Waals surface area contributed by atoms with Gasteiger partial charge in [-0.2, -0.15) is 5.10 Å². The van der Waals surface area contributed by atoms with E-state index in [9.17, 15) is 4.79 Å². The predicted molar refractivity (Wildman–Crippen MR) is 76.6 cm³/mol. The Kier molecular flexibility index (Phi) is 4.05. The molecule has 1 aromatic carbocycles. The lowest BCUT2D eigenvalue weighted by atomic mass is 10.1. The van der Waals surface area contributed by atoms with E-state index in [1.165, 1.54) is 17.3 Å². The summed E-state index contributed by atoms with van der Waals surface area (Å²) in [7, 11) is 0. The van der Waals surface area contributed by atoms with E-state index in [0.29, 0.717) is 15.6 Å². The zero-order valence-corrected chi connectivity index (χ0v) is 12.7. The minimum atomic E-state index is -1.36. The summed E-state index contributed by atoms with van der Waals surface area (Å²) >= 11 is 12.1. The van der Waals surface area contributed by atoms with Gasteiger partial charge >= 0.3 is 5.97 Å². The highest BCUT2D eigenvalue weighted by Crippen LogP contribution is 2.40. The summed E-state index contributed by atoms with van der Waals surface area (Å²) in [4.78, 5) is 15.0. The van der Waals surface area contributed by atoms with E-state index in [4.69, 9.17) is 37.8 Å². The molecule has 1 saturated heterocycles. The molecule has 9 heteroatoms. The normalized spacial score (nSPS) is 24.5. The molecule has 2 aromatic rings. The first kappa shape index (κ1) is 15.2. The summed E-state index contributed by atoms with van der Waals surface area (Å²) in [5.41, 5.74) is 0.484. The maximum atomic E-state index is 11.2. The second-order valence-electron chi connectivity index (χ2n) is 4.73. The third kappa shape index (κ3) is 2.80. The Morgan fingerprint density at radius 3 is 2.91 bits per heavy atom. The fourth-order valence-corrected chi connectivity index (χ4v) is 2.82. The Labute approximate surface area is 135 Å². The van der Waals surface area contributed by atoms with Crippen LogP contribution in [0.5, 0.6) is 0 Å². The van der Waals surface area contributed by atoms with Crippen molar-refractivity contribution in [1.29, 1.82) is 0 Å². The fraction of sp³-hybridized carbons (Fsp3) is 0.308. The number of hydrogen-bond acceptors (Lipinski definition) is 5. The first-order valence-corrected chi connectivity index (χ1v) is 7.08. The van der Waals surface area contributed by atoms with Crippen LogP contribution < -0.4 is 0 Å². The number of carbonyl (C=O) groups is 1. The van der Waals surface area contributed by atoms with Gasteiger partial charge in [0.1, 0.15) is 19.2 Å². The molecule has 1 aromatic heterocycles. The van der Waals surface area contributed by atoms with Crippen molar-refractivity contribution in [3.63, 3.8) is 0 Å². The molecular weight excluding hydrogens is 333 g/mol. The highest BCUT2D eigenvalue weighted by atomic mass is 35.5. The smallest absolute Gasteiger partial charge is 0.335 e. The summed E-state index contributed by atoms with van der Waals surface area (Å²) < 4.78 is 12.8. The quantitative estimate of drug-likeness (QED) is 0.912. The molecule has 1 aliphatic heterocycles. The number of carboxylic acids is 1. The zero-order valence-electron chi connectivity index (χ0n) is 11.1. The average Bonchev–Trinajstić information content (AvgIpc) is 3.09. The molecule has 116 valence electrons. The van der Waals surface area contributed by atoms with Gasteiger partial charge in [0, 0.05) is 10.6 Å². The maximum Gasteiger partial charge on any atom is 0.335 e. The Bertz CT molecular complexity index is 695. The van der Waals surface area contributed by atoms with Crippen molar-refractivity contribution in [3.05, 3.63) is 46.5 Å². The van der Waals surface area contributed by atoms with Crippen molar-refractivity contribution < 1.29 is 19.4 Å². The van der Waals surface area contributed by atoms with Crippen LogP contribution in [0.1, 0.15) is 5.56 Å². The van der Waals surface area contributed by atoms with E-state index in [0.717, 1.165) is 0 Å². The van der Waals surface area contributed by atoms with Crippen molar-refractivity contribution >= 4 is 29.2 Å². The van der Waals surface area contributed by atoms with Gasteiger partial charge in [-0.15, -0.1) is 0 Å². The lowest BCUT2D eigenvalue weighted by molar-refractivity contribution is -0.195. The molecule has 3 rings (SSSR count). The van der Waals surface area contributed by atoms with Gasteiger partial charge in [-0.1, -0.05) is 29.3 Å². The number of rotatable bonds is 4. The van der Waals surface area contributed by atoms with Crippen LogP contribution in [0.25, 0.3) is 0 Å². The summed E-state index contributed by atoms with van der Waals surface area (Å²) in [6.45, 7) is 0.0150. The molecule has 0 bridgehead atoms. The molecule has 0 amide bonds. The lowest BCUT2D eigenvalue weighted by Gasteiger charge is -2.28. The zero-order chi connectivity index (χ0) is 15.7. The number of carboxylic acid groups (broad SMARTS) is 1. The number of aliphatic carboxylic acids is 1. The third-order valence-corrected chi connectivity index (χ3v) is 3.80. The minimum Gasteiger partial charge on any atom is -0.479 e. The van der Waals surface area contributed by atoms with Crippen molar-refractivity contribution in [2.24, 2.45) is 0 Å². The highest BCUT2D eigenvalue weighted by Gasteiger charge is 2.47. The van der Waals surface area contributed by atoms with Gasteiger partial charge in [-0.05, 0) is 12.1 Å². The molecule has 0 saturated carbocycles. The fourth-order valence-electron chi connectivity index (χ4n) is 2.27. The van der Waals surface area contributed by atoms with Crippen molar-refractivity contribution in [2.75, 3.05) is 6.61 Å². The van der Waals surface area contributed by atoms with Crippen LogP contribution in [-0.2, 0) is 26.6 Å². The Morgan fingerprint density at radius 2 is 2.32 bits per heavy atom. The van der Waals surface area contributed by atoms with E-state index in [2.05, 4.69) is 10.1 Å². The van der Waals surface area contributed by atoms with E-state index < -0.39 is 17.9 Å². The monoisotopic (exact) mass is 343 g/mol. The van der Waals surface area contributed by atoms with Crippen LogP contribution in [0.2, 0.25) is 10.0 Å². The van der Waals surface area contributed by atoms with Crippen LogP contribution in [0, 0.1) is 0 Å². The molecule has 0 aliphatic carbocycles. The van der Waals surface area contributed by atoms with Gasteiger partial charge in [0.2, 0.25) is 5.79 Å². The molecule has 0 radical (unpaired) electrons. The molecule has 22 heavy (non-hydrogen) atoms. The largest absolute Gasteiger partial charge is 0.479 e. The van der Waals surface area contributed by atoms with Gasteiger partial charge in [0.05, 0.1) is 11.6 Å². The van der Waals surface area contributed by atoms with Crippen molar-refractivity contribution in [3.8, 4) is 0 Å². The average molecular weight is 344 g/mol. The number of benzene rings is 1. The maximum absolute atomic E-state index is 11.2. The first-order valence-electron chi connectivity index (χ1n) is 6.33. The Morgan fingerprint density at radius 1 is 1.50 bits per heavy atom. The van der Waals surface area contributed by atoms with Crippen molar-refractivity contribution in [1.82, 2.24) is 14.8 Å². The Hall–Kier alpha value is -1.67. The summed E-state index contributed by atoms with van der Waals surface area (Å²) in [5.74, 6) is -2.47. The van der Waals surface area contributed by atoms with E-state index in [-0.39, 0.29) is 13.2 Å². The van der Waals surface area contributed by atoms with E-state index in [1.54, 1.807) is 18.2 Å². The lowest BCUT2D eigenvalue weighted by Crippen LogP contribution is -2.35. The Balaban J connectivity index is 2.01. The number of nitrogens with zero attached hydrogens (tertiary/aromatic N) is 3. The second kappa shape index (κ2) is 5.85. The molecule has 1 N–H and O–H groups in total. The molecule has 0 unspecified atom stereocenters. The highest BCUT2D eigenvalue weighted by molar-refractivity contribution is 6.35. The van der Waals surface area contributed by atoms with Crippen LogP contribution >= 0.6 is 23.2 Å².